The summed E-state index contributed by atoms with van der Waals surface area (Å²) in [6, 6.07) is 19.6. The first kappa shape index (κ1) is 18.4. The van der Waals surface area contributed by atoms with Crippen LogP contribution in [0.1, 0.15) is 5.56 Å². The highest BCUT2D eigenvalue weighted by atomic mass is 19.1. The Kier molecular flexibility index (Phi) is 5.03. The molecule has 5 heteroatoms. The minimum Gasteiger partial charge on any atom is -0.463 e. The van der Waals surface area contributed by atoms with E-state index in [1.807, 2.05) is 30.3 Å². The zero-order valence-electron chi connectivity index (χ0n) is 15.2. The van der Waals surface area contributed by atoms with Gasteiger partial charge in [0.2, 0.25) is 0 Å². The molecular formula is C24H15FO4. The Bertz CT molecular complexity index is 1260. The summed E-state index contributed by atoms with van der Waals surface area (Å²) in [7, 11) is 0. The third-order valence-corrected chi connectivity index (χ3v) is 4.33. The fraction of sp³-hybridized carbons (Fsp3) is 0. The number of benzene rings is 3. The molecule has 0 saturated carbocycles. The molecule has 0 radical (unpaired) electrons. The largest absolute Gasteiger partial charge is 0.463 e. The number of ether oxygens (including phenoxy) is 1. The van der Waals surface area contributed by atoms with Gasteiger partial charge in [0, 0.05) is 12.1 Å². The summed E-state index contributed by atoms with van der Waals surface area (Å²) in [5, 5.41) is 0.396. The van der Waals surface area contributed by atoms with Crippen LogP contribution < -0.4 is 10.2 Å². The van der Waals surface area contributed by atoms with Crippen LogP contribution in [0.2, 0.25) is 0 Å². The van der Waals surface area contributed by atoms with Crippen LogP contribution in [0.25, 0.3) is 28.2 Å². The Hall–Kier alpha value is -3.99. The van der Waals surface area contributed by atoms with Crippen LogP contribution in [-0.2, 0) is 4.79 Å². The summed E-state index contributed by atoms with van der Waals surface area (Å²) >= 11 is 0. The second kappa shape index (κ2) is 7.94. The number of carbonyl (C=O) groups excluding carboxylic acids is 1. The Balaban J connectivity index is 1.55. The lowest BCUT2D eigenvalue weighted by atomic mass is 10.1. The van der Waals surface area contributed by atoms with Crippen molar-refractivity contribution in [3.63, 3.8) is 0 Å². The number of hydrogen-bond acceptors (Lipinski definition) is 4. The van der Waals surface area contributed by atoms with Crippen molar-refractivity contribution in [3.8, 4) is 16.9 Å². The third kappa shape index (κ3) is 4.14. The van der Waals surface area contributed by atoms with Crippen LogP contribution in [0.15, 0.2) is 94.3 Å². The number of fused-ring (bicyclic) bond motifs is 1. The van der Waals surface area contributed by atoms with Crippen molar-refractivity contribution in [1.29, 1.82) is 0 Å². The van der Waals surface area contributed by atoms with Crippen LogP contribution in [0, 0.1) is 5.82 Å². The summed E-state index contributed by atoms with van der Waals surface area (Å²) in [4.78, 5) is 24.8. The second-order valence-corrected chi connectivity index (χ2v) is 6.31. The molecule has 1 aromatic heterocycles. The Morgan fingerprint density at radius 3 is 2.48 bits per heavy atom. The van der Waals surface area contributed by atoms with Gasteiger partial charge < -0.3 is 9.15 Å². The quantitative estimate of drug-likeness (QED) is 0.274. The Morgan fingerprint density at radius 2 is 1.72 bits per heavy atom. The fourth-order valence-corrected chi connectivity index (χ4v) is 2.88. The average molecular weight is 386 g/mol. The van der Waals surface area contributed by atoms with E-state index in [4.69, 9.17) is 9.15 Å². The maximum atomic E-state index is 12.9. The van der Waals surface area contributed by atoms with E-state index in [9.17, 15) is 14.0 Å². The van der Waals surface area contributed by atoms with E-state index < -0.39 is 5.97 Å². The molecule has 142 valence electrons. The van der Waals surface area contributed by atoms with Gasteiger partial charge in [-0.25, -0.2) is 9.18 Å². The lowest BCUT2D eigenvalue weighted by Crippen LogP contribution is -2.06. The van der Waals surface area contributed by atoms with E-state index in [0.29, 0.717) is 22.1 Å². The molecule has 0 aliphatic heterocycles. The summed E-state index contributed by atoms with van der Waals surface area (Å²) in [6.07, 6.45) is 4.17. The molecule has 3 aromatic carbocycles. The van der Waals surface area contributed by atoms with Crippen LogP contribution in [-0.4, -0.2) is 5.97 Å². The van der Waals surface area contributed by atoms with Crippen molar-refractivity contribution in [1.82, 2.24) is 0 Å². The van der Waals surface area contributed by atoms with Crippen molar-refractivity contribution in [2.24, 2.45) is 0 Å². The first-order valence-corrected chi connectivity index (χ1v) is 8.86. The van der Waals surface area contributed by atoms with E-state index in [-0.39, 0.29) is 17.0 Å². The number of carbonyl (C=O) groups is 1. The van der Waals surface area contributed by atoms with Gasteiger partial charge in [-0.2, -0.15) is 0 Å². The molecule has 0 aliphatic rings. The number of esters is 1. The normalized spacial score (nSPS) is 11.1. The van der Waals surface area contributed by atoms with E-state index in [0.717, 1.165) is 5.56 Å². The molecule has 0 atom stereocenters. The Morgan fingerprint density at radius 1 is 0.966 bits per heavy atom. The zero-order chi connectivity index (χ0) is 20.2. The van der Waals surface area contributed by atoms with Gasteiger partial charge in [0.25, 0.3) is 0 Å². The zero-order valence-corrected chi connectivity index (χ0v) is 15.2. The molecule has 0 amide bonds. The maximum absolute atomic E-state index is 12.9. The molecule has 0 N–H and O–H groups in total. The molecule has 0 saturated heterocycles. The monoisotopic (exact) mass is 386 g/mol. The maximum Gasteiger partial charge on any atom is 0.336 e. The van der Waals surface area contributed by atoms with Crippen molar-refractivity contribution in [2.75, 3.05) is 0 Å². The number of rotatable bonds is 4. The highest BCUT2D eigenvalue weighted by molar-refractivity contribution is 5.89. The number of hydrogen-bond donors (Lipinski definition) is 0. The molecular weight excluding hydrogens is 371 g/mol. The van der Waals surface area contributed by atoms with Gasteiger partial charge in [0.05, 0.1) is 10.9 Å². The van der Waals surface area contributed by atoms with Crippen molar-refractivity contribution < 1.29 is 18.3 Å². The minimum atomic E-state index is -0.600. The lowest BCUT2D eigenvalue weighted by Gasteiger charge is -2.05. The van der Waals surface area contributed by atoms with Gasteiger partial charge in [0.15, 0.2) is 5.43 Å². The highest BCUT2D eigenvalue weighted by Gasteiger charge is 2.10. The van der Waals surface area contributed by atoms with Crippen molar-refractivity contribution in [3.05, 3.63) is 107 Å². The predicted molar refractivity (Wildman–Crippen MR) is 109 cm³/mol. The van der Waals surface area contributed by atoms with Crippen molar-refractivity contribution in [2.45, 2.75) is 0 Å². The van der Waals surface area contributed by atoms with E-state index >= 15 is 0 Å². The third-order valence-electron chi connectivity index (χ3n) is 4.33. The van der Waals surface area contributed by atoms with Gasteiger partial charge in [0.1, 0.15) is 23.4 Å². The SMILES string of the molecule is O=C(/C=C/c1ccc(F)cc1)Oc1ccc2c(=O)c(-c3ccccc3)coc2c1. The molecule has 29 heavy (non-hydrogen) atoms. The minimum absolute atomic E-state index is 0.161. The van der Waals surface area contributed by atoms with E-state index in [1.165, 1.54) is 42.7 Å². The standard InChI is InChI=1S/C24H15FO4/c25-18-9-6-16(7-10-18)8-13-23(26)29-19-11-12-20-22(14-19)28-15-21(24(20)27)17-4-2-1-3-5-17/h1-15H/b13-8+. The first-order chi connectivity index (χ1) is 14.1. The van der Waals surface area contributed by atoms with Gasteiger partial charge >= 0.3 is 5.97 Å². The first-order valence-electron chi connectivity index (χ1n) is 8.86. The molecule has 0 spiro atoms. The molecule has 1 heterocycles. The summed E-state index contributed by atoms with van der Waals surface area (Å²) in [5.74, 6) is -0.698. The molecule has 4 aromatic rings. The molecule has 4 rings (SSSR count). The van der Waals surface area contributed by atoms with Gasteiger partial charge in [-0.1, -0.05) is 42.5 Å². The molecule has 0 fully saturated rings. The number of halogens is 1. The second-order valence-electron chi connectivity index (χ2n) is 6.31. The van der Waals surface area contributed by atoms with Crippen molar-refractivity contribution >= 4 is 23.0 Å². The lowest BCUT2D eigenvalue weighted by molar-refractivity contribution is -0.128. The van der Waals surface area contributed by atoms with E-state index in [1.54, 1.807) is 18.2 Å². The molecule has 0 bridgehead atoms. The average Bonchev–Trinajstić information content (AvgIpc) is 2.74. The van der Waals surface area contributed by atoms with Gasteiger partial charge in [-0.05, 0) is 41.5 Å². The molecule has 0 aliphatic carbocycles. The summed E-state index contributed by atoms with van der Waals surface area (Å²) in [6.45, 7) is 0. The van der Waals surface area contributed by atoms with Gasteiger partial charge in [-0.15, -0.1) is 0 Å². The van der Waals surface area contributed by atoms with Crippen LogP contribution in [0.3, 0.4) is 0 Å². The van der Waals surface area contributed by atoms with Crippen LogP contribution in [0.5, 0.6) is 5.75 Å². The fourth-order valence-electron chi connectivity index (χ4n) is 2.88. The van der Waals surface area contributed by atoms with E-state index in [2.05, 4.69) is 0 Å². The summed E-state index contributed by atoms with van der Waals surface area (Å²) in [5.41, 5.74) is 2.06. The Labute approximate surface area is 165 Å². The smallest absolute Gasteiger partial charge is 0.336 e. The molecule has 4 nitrogen and oxygen atoms in total. The highest BCUT2D eigenvalue weighted by Crippen LogP contribution is 2.23. The van der Waals surface area contributed by atoms with Crippen LogP contribution in [0.4, 0.5) is 4.39 Å². The van der Waals surface area contributed by atoms with Gasteiger partial charge in [-0.3, -0.25) is 4.79 Å². The van der Waals surface area contributed by atoms with Crippen LogP contribution >= 0.6 is 0 Å². The topological polar surface area (TPSA) is 56.5 Å². The predicted octanol–water partition coefficient (Wildman–Crippen LogP) is 5.22. The summed E-state index contributed by atoms with van der Waals surface area (Å²) < 4.78 is 23.8. The molecule has 0 unspecified atom stereocenters.